The number of aromatic hydroxyl groups is 1. The Hall–Kier alpha value is -4.28. The smallest absolute Gasteiger partial charge is 0.300 e. The van der Waals surface area contributed by atoms with E-state index < -0.39 is 23.5 Å². The lowest BCUT2D eigenvalue weighted by molar-refractivity contribution is -0.132. The molecular weight excluding hydrogens is 456 g/mol. The molecule has 0 saturated carbocycles. The zero-order valence-electron chi connectivity index (χ0n) is 18.0. The first-order valence-electron chi connectivity index (χ1n) is 10.4. The number of hydrogen-bond acceptors (Lipinski definition) is 6. The number of anilines is 1. The fraction of sp³-hybridized carbons (Fsp3) is 0.115. The standard InChI is InChI=1S/C26H19ClN2O5/c1-2-34-19-10-11-21(27)20(13-19)24(31)22-23(16-4-3-5-18(30)12-16)29(26(33)25(22)32)17-8-6-15(14-28)7-9-17/h3-13,23,30-31H,2H2,1H3/b24-22+. The van der Waals surface area contributed by atoms with Gasteiger partial charge in [0.05, 0.1) is 34.9 Å². The average Bonchev–Trinajstić information content (AvgIpc) is 3.10. The van der Waals surface area contributed by atoms with Crippen molar-refractivity contribution in [2.75, 3.05) is 11.5 Å². The number of phenolic OH excluding ortho intramolecular Hbond substituents is 1. The molecule has 3 aromatic rings. The minimum atomic E-state index is -1.05. The Kier molecular flexibility index (Phi) is 6.26. The maximum Gasteiger partial charge on any atom is 0.300 e. The van der Waals surface area contributed by atoms with Gasteiger partial charge in [-0.3, -0.25) is 14.5 Å². The summed E-state index contributed by atoms with van der Waals surface area (Å²) in [6.45, 7) is 2.19. The van der Waals surface area contributed by atoms with Gasteiger partial charge in [0.15, 0.2) is 0 Å². The van der Waals surface area contributed by atoms with E-state index in [-0.39, 0.29) is 21.9 Å². The van der Waals surface area contributed by atoms with E-state index in [2.05, 4.69) is 0 Å². The number of aliphatic hydroxyl groups excluding tert-OH is 1. The largest absolute Gasteiger partial charge is 0.508 e. The number of halogens is 1. The van der Waals surface area contributed by atoms with Crippen molar-refractivity contribution in [3.8, 4) is 17.6 Å². The highest BCUT2D eigenvalue weighted by atomic mass is 35.5. The number of nitrogens with zero attached hydrogens (tertiary/aromatic N) is 2. The number of amides is 1. The van der Waals surface area contributed by atoms with Crippen molar-refractivity contribution in [1.82, 2.24) is 0 Å². The average molecular weight is 475 g/mol. The van der Waals surface area contributed by atoms with Gasteiger partial charge in [0, 0.05) is 11.3 Å². The first kappa shape index (κ1) is 22.9. The van der Waals surface area contributed by atoms with Gasteiger partial charge in [0.25, 0.3) is 11.7 Å². The van der Waals surface area contributed by atoms with Crippen LogP contribution in [-0.4, -0.2) is 28.5 Å². The molecule has 1 atom stereocenters. The van der Waals surface area contributed by atoms with E-state index in [1.165, 1.54) is 41.3 Å². The maximum absolute atomic E-state index is 13.2. The number of aliphatic hydroxyl groups is 1. The molecule has 4 rings (SSSR count). The van der Waals surface area contributed by atoms with Gasteiger partial charge in [-0.1, -0.05) is 23.7 Å². The molecule has 0 aromatic heterocycles. The van der Waals surface area contributed by atoms with Crippen LogP contribution in [0.2, 0.25) is 5.02 Å². The second kappa shape index (κ2) is 9.30. The molecule has 34 heavy (non-hydrogen) atoms. The number of carbonyl (C=O) groups is 2. The van der Waals surface area contributed by atoms with Gasteiger partial charge in [-0.15, -0.1) is 0 Å². The van der Waals surface area contributed by atoms with Gasteiger partial charge in [0.1, 0.15) is 17.3 Å². The SMILES string of the molecule is CCOc1ccc(Cl)c(/C(O)=C2\C(=O)C(=O)N(c3ccc(C#N)cc3)C2c2cccc(O)c2)c1. The monoisotopic (exact) mass is 474 g/mol. The van der Waals surface area contributed by atoms with Crippen LogP contribution in [0.3, 0.4) is 0 Å². The number of nitriles is 1. The van der Waals surface area contributed by atoms with Gasteiger partial charge in [0.2, 0.25) is 0 Å². The van der Waals surface area contributed by atoms with Gasteiger partial charge in [-0.25, -0.2) is 0 Å². The fourth-order valence-corrected chi connectivity index (χ4v) is 4.10. The summed E-state index contributed by atoms with van der Waals surface area (Å²) in [6, 6.07) is 17.8. The van der Waals surface area contributed by atoms with E-state index >= 15 is 0 Å². The van der Waals surface area contributed by atoms with Crippen LogP contribution < -0.4 is 9.64 Å². The van der Waals surface area contributed by atoms with Crippen LogP contribution in [0.25, 0.3) is 5.76 Å². The van der Waals surface area contributed by atoms with Crippen LogP contribution in [0, 0.1) is 11.3 Å². The number of ether oxygens (including phenoxy) is 1. The fourth-order valence-electron chi connectivity index (χ4n) is 3.89. The third kappa shape index (κ3) is 4.07. The Morgan fingerprint density at radius 2 is 1.85 bits per heavy atom. The molecule has 1 amide bonds. The zero-order chi connectivity index (χ0) is 24.4. The molecule has 1 fully saturated rings. The van der Waals surface area contributed by atoms with Crippen LogP contribution in [0.4, 0.5) is 5.69 Å². The molecule has 8 heteroatoms. The Labute approximate surface area is 200 Å². The molecule has 1 heterocycles. The highest BCUT2D eigenvalue weighted by Gasteiger charge is 2.47. The van der Waals surface area contributed by atoms with E-state index in [0.717, 1.165) is 0 Å². The number of hydrogen-bond donors (Lipinski definition) is 2. The normalized spacial score (nSPS) is 17.0. The highest BCUT2D eigenvalue weighted by molar-refractivity contribution is 6.52. The summed E-state index contributed by atoms with van der Waals surface area (Å²) in [5.74, 6) is -1.87. The predicted octanol–water partition coefficient (Wildman–Crippen LogP) is 4.94. The van der Waals surface area contributed by atoms with Crippen LogP contribution in [0.5, 0.6) is 11.5 Å². The number of ketones is 1. The number of carbonyl (C=O) groups excluding carboxylic acids is 2. The summed E-state index contributed by atoms with van der Waals surface area (Å²) in [5.41, 5.74) is 1.09. The molecular formula is C26H19ClN2O5. The molecule has 2 N–H and O–H groups in total. The first-order chi connectivity index (χ1) is 16.3. The summed E-state index contributed by atoms with van der Waals surface area (Å²) in [7, 11) is 0. The predicted molar refractivity (Wildman–Crippen MR) is 127 cm³/mol. The van der Waals surface area contributed by atoms with Gasteiger partial charge >= 0.3 is 0 Å². The number of rotatable bonds is 5. The Morgan fingerprint density at radius 1 is 1.12 bits per heavy atom. The molecule has 0 spiro atoms. The molecule has 1 unspecified atom stereocenters. The number of Topliss-reactive ketones (excluding diaryl/α,β-unsaturated/α-hetero) is 1. The number of benzene rings is 3. The lowest BCUT2D eigenvalue weighted by Crippen LogP contribution is -2.29. The van der Waals surface area contributed by atoms with Crippen LogP contribution in [-0.2, 0) is 9.59 Å². The zero-order valence-corrected chi connectivity index (χ0v) is 18.8. The number of phenols is 1. The summed E-state index contributed by atoms with van der Waals surface area (Å²) >= 11 is 6.33. The lowest BCUT2D eigenvalue weighted by Gasteiger charge is -2.25. The molecule has 0 bridgehead atoms. The molecule has 0 aliphatic carbocycles. The molecule has 3 aromatic carbocycles. The van der Waals surface area contributed by atoms with Crippen LogP contribution >= 0.6 is 11.6 Å². The van der Waals surface area contributed by atoms with Gasteiger partial charge in [-0.05, 0) is 67.1 Å². The summed E-state index contributed by atoms with van der Waals surface area (Å²) in [5, 5.41) is 30.6. The Balaban J connectivity index is 1.95. The lowest BCUT2D eigenvalue weighted by atomic mass is 9.95. The third-order valence-corrected chi connectivity index (χ3v) is 5.74. The Bertz CT molecular complexity index is 1360. The minimum Gasteiger partial charge on any atom is -0.508 e. The molecule has 0 radical (unpaired) electrons. The Morgan fingerprint density at radius 3 is 2.50 bits per heavy atom. The molecule has 170 valence electrons. The highest BCUT2D eigenvalue weighted by Crippen LogP contribution is 2.43. The van der Waals surface area contributed by atoms with Crippen molar-refractivity contribution in [1.29, 1.82) is 5.26 Å². The van der Waals surface area contributed by atoms with E-state index in [1.807, 2.05) is 6.07 Å². The summed E-state index contributed by atoms with van der Waals surface area (Å²) in [6.07, 6.45) is 0. The topological polar surface area (TPSA) is 111 Å². The quantitative estimate of drug-likeness (QED) is 0.308. The van der Waals surface area contributed by atoms with E-state index in [0.29, 0.717) is 29.2 Å². The van der Waals surface area contributed by atoms with E-state index in [1.54, 1.807) is 37.3 Å². The van der Waals surface area contributed by atoms with Crippen molar-refractivity contribution in [3.63, 3.8) is 0 Å². The second-order valence-electron chi connectivity index (χ2n) is 7.50. The maximum atomic E-state index is 13.2. The molecule has 1 aliphatic rings. The molecule has 1 saturated heterocycles. The van der Waals surface area contributed by atoms with Gasteiger partial charge in [-0.2, -0.15) is 5.26 Å². The van der Waals surface area contributed by atoms with Crippen molar-refractivity contribution >= 4 is 34.7 Å². The van der Waals surface area contributed by atoms with E-state index in [4.69, 9.17) is 21.6 Å². The summed E-state index contributed by atoms with van der Waals surface area (Å²) in [4.78, 5) is 27.6. The third-order valence-electron chi connectivity index (χ3n) is 5.41. The van der Waals surface area contributed by atoms with Crippen molar-refractivity contribution in [2.24, 2.45) is 0 Å². The molecule has 1 aliphatic heterocycles. The second-order valence-corrected chi connectivity index (χ2v) is 7.90. The summed E-state index contributed by atoms with van der Waals surface area (Å²) < 4.78 is 5.49. The minimum absolute atomic E-state index is 0.0701. The van der Waals surface area contributed by atoms with Crippen molar-refractivity contribution in [2.45, 2.75) is 13.0 Å². The van der Waals surface area contributed by atoms with Crippen LogP contribution in [0.15, 0.2) is 72.3 Å². The van der Waals surface area contributed by atoms with E-state index in [9.17, 15) is 19.8 Å². The van der Waals surface area contributed by atoms with Gasteiger partial charge < -0.3 is 14.9 Å². The first-order valence-corrected chi connectivity index (χ1v) is 10.8. The van der Waals surface area contributed by atoms with Crippen molar-refractivity contribution in [3.05, 3.63) is 94.0 Å². The molecule has 7 nitrogen and oxygen atoms in total. The van der Waals surface area contributed by atoms with Crippen LogP contribution in [0.1, 0.15) is 29.7 Å². The van der Waals surface area contributed by atoms with Crippen molar-refractivity contribution < 1.29 is 24.5 Å².